The molecule has 3 rings (SSSR count). The molecule has 138 valence electrons. The highest BCUT2D eigenvalue weighted by Gasteiger charge is 2.12. The Labute approximate surface area is 164 Å². The molecule has 0 unspecified atom stereocenters. The molecule has 0 spiro atoms. The zero-order valence-corrected chi connectivity index (χ0v) is 16.0. The van der Waals surface area contributed by atoms with Crippen molar-refractivity contribution < 1.29 is 4.79 Å². The third-order valence-electron chi connectivity index (χ3n) is 4.28. The van der Waals surface area contributed by atoms with Crippen LogP contribution in [0.15, 0.2) is 72.9 Å². The quantitative estimate of drug-likeness (QED) is 0.637. The van der Waals surface area contributed by atoms with Crippen LogP contribution < -0.4 is 10.2 Å². The fourth-order valence-corrected chi connectivity index (χ4v) is 3.02. The van der Waals surface area contributed by atoms with Gasteiger partial charge in [-0.3, -0.25) is 9.78 Å². The molecule has 0 atom stereocenters. The van der Waals surface area contributed by atoms with Crippen molar-refractivity contribution in [1.29, 1.82) is 0 Å². The lowest BCUT2D eigenvalue weighted by atomic mass is 10.1. The molecule has 0 radical (unpaired) electrons. The number of hydrogen-bond donors (Lipinski definition) is 1. The highest BCUT2D eigenvalue weighted by atomic mass is 35.5. The van der Waals surface area contributed by atoms with E-state index in [0.717, 1.165) is 29.9 Å². The van der Waals surface area contributed by atoms with E-state index in [1.165, 1.54) is 0 Å². The molecule has 3 aromatic rings. The number of halogens is 1. The highest BCUT2D eigenvalue weighted by Crippen LogP contribution is 2.24. The lowest BCUT2D eigenvalue weighted by Gasteiger charge is -2.23. The summed E-state index contributed by atoms with van der Waals surface area (Å²) in [4.78, 5) is 18.9. The number of benzene rings is 2. The molecule has 1 amide bonds. The molecule has 0 aliphatic rings. The van der Waals surface area contributed by atoms with Gasteiger partial charge in [0.25, 0.3) is 5.91 Å². The van der Waals surface area contributed by atoms with Crippen LogP contribution in [-0.2, 0) is 6.42 Å². The summed E-state index contributed by atoms with van der Waals surface area (Å²) in [5, 5.41) is 3.64. The summed E-state index contributed by atoms with van der Waals surface area (Å²) in [6, 6.07) is 21.5. The molecule has 1 N–H and O–H groups in total. The third-order valence-corrected chi connectivity index (χ3v) is 4.54. The number of aromatic nitrogens is 1. The second kappa shape index (κ2) is 9.19. The van der Waals surface area contributed by atoms with Crippen LogP contribution in [0.1, 0.15) is 23.0 Å². The van der Waals surface area contributed by atoms with E-state index in [9.17, 15) is 4.79 Å². The number of carbonyl (C=O) groups is 1. The summed E-state index contributed by atoms with van der Waals surface area (Å²) in [7, 11) is 0. The zero-order valence-electron chi connectivity index (χ0n) is 15.2. The molecule has 0 fully saturated rings. The minimum atomic E-state index is -0.171. The van der Waals surface area contributed by atoms with Gasteiger partial charge in [0, 0.05) is 35.7 Å². The Hall–Kier alpha value is -2.85. The lowest BCUT2D eigenvalue weighted by molar-refractivity contribution is 0.0949. The molecule has 27 heavy (non-hydrogen) atoms. The number of nitrogens with one attached hydrogen (secondary N) is 1. The predicted octanol–water partition coefficient (Wildman–Crippen LogP) is 4.87. The van der Waals surface area contributed by atoms with Gasteiger partial charge in [0.1, 0.15) is 5.69 Å². The van der Waals surface area contributed by atoms with Crippen LogP contribution in [0.25, 0.3) is 0 Å². The fraction of sp³-hybridized carbons (Fsp3) is 0.182. The summed E-state index contributed by atoms with van der Waals surface area (Å²) in [5.41, 5.74) is 3.57. The summed E-state index contributed by atoms with van der Waals surface area (Å²) in [6.45, 7) is 3.42. The van der Waals surface area contributed by atoms with Gasteiger partial charge in [-0.1, -0.05) is 41.9 Å². The predicted molar refractivity (Wildman–Crippen MR) is 111 cm³/mol. The molecule has 4 nitrogen and oxygen atoms in total. The summed E-state index contributed by atoms with van der Waals surface area (Å²) >= 11 is 5.89. The molecule has 0 saturated heterocycles. The average molecular weight is 380 g/mol. The van der Waals surface area contributed by atoms with Crippen molar-refractivity contribution in [2.45, 2.75) is 13.3 Å². The van der Waals surface area contributed by atoms with Crippen LogP contribution in [0.2, 0.25) is 5.02 Å². The van der Waals surface area contributed by atoms with E-state index in [1.54, 1.807) is 6.20 Å². The Morgan fingerprint density at radius 1 is 1.04 bits per heavy atom. The number of para-hydroxylation sites is 1. The lowest BCUT2D eigenvalue weighted by Crippen LogP contribution is -2.27. The zero-order chi connectivity index (χ0) is 19.1. The maximum absolute atomic E-state index is 12.5. The molecule has 2 aromatic carbocycles. The molecule has 1 heterocycles. The highest BCUT2D eigenvalue weighted by molar-refractivity contribution is 6.30. The van der Waals surface area contributed by atoms with Gasteiger partial charge in [0.05, 0.1) is 0 Å². The Morgan fingerprint density at radius 3 is 2.48 bits per heavy atom. The van der Waals surface area contributed by atoms with Gasteiger partial charge in [0.15, 0.2) is 0 Å². The standard InChI is InChI=1S/C22H22ClN3O/c1-2-26(19-6-4-3-5-7-19)20-13-15-24-21(16-20)22(27)25-14-12-17-8-10-18(23)11-9-17/h3-11,13,15-16H,2,12,14H2,1H3,(H,25,27). The molecule has 0 aliphatic heterocycles. The average Bonchev–Trinajstić information content (AvgIpc) is 2.71. The van der Waals surface area contributed by atoms with Crippen molar-refractivity contribution in [2.75, 3.05) is 18.0 Å². The number of pyridine rings is 1. The van der Waals surface area contributed by atoms with Crippen LogP contribution >= 0.6 is 11.6 Å². The number of carbonyl (C=O) groups excluding carboxylic acids is 1. The van der Waals surface area contributed by atoms with Crippen molar-refractivity contribution in [3.63, 3.8) is 0 Å². The first-order valence-corrected chi connectivity index (χ1v) is 9.36. The molecule has 0 bridgehead atoms. The summed E-state index contributed by atoms with van der Waals surface area (Å²) in [6.07, 6.45) is 2.42. The van der Waals surface area contributed by atoms with Crippen LogP contribution in [0.4, 0.5) is 11.4 Å². The van der Waals surface area contributed by atoms with Gasteiger partial charge >= 0.3 is 0 Å². The van der Waals surface area contributed by atoms with Crippen LogP contribution in [0.5, 0.6) is 0 Å². The number of rotatable bonds is 7. The second-order valence-electron chi connectivity index (χ2n) is 6.11. The van der Waals surface area contributed by atoms with Crippen LogP contribution in [-0.4, -0.2) is 24.0 Å². The Kier molecular flexibility index (Phi) is 6.44. The molecule has 5 heteroatoms. The molecular formula is C22H22ClN3O. The van der Waals surface area contributed by atoms with E-state index >= 15 is 0 Å². The second-order valence-corrected chi connectivity index (χ2v) is 6.55. The van der Waals surface area contributed by atoms with Crippen LogP contribution in [0, 0.1) is 0 Å². The van der Waals surface area contributed by atoms with E-state index in [1.807, 2.05) is 54.6 Å². The summed E-state index contributed by atoms with van der Waals surface area (Å²) < 4.78 is 0. The van der Waals surface area contributed by atoms with Gasteiger partial charge in [-0.15, -0.1) is 0 Å². The largest absolute Gasteiger partial charge is 0.350 e. The first kappa shape index (κ1) is 18.9. The number of nitrogens with zero attached hydrogens (tertiary/aromatic N) is 2. The van der Waals surface area contributed by atoms with Crippen molar-refractivity contribution >= 4 is 28.9 Å². The summed E-state index contributed by atoms with van der Waals surface area (Å²) in [5.74, 6) is -0.171. The van der Waals surface area contributed by atoms with Gasteiger partial charge in [0.2, 0.25) is 0 Å². The first-order chi connectivity index (χ1) is 13.2. The van der Waals surface area contributed by atoms with Gasteiger partial charge in [-0.05, 0) is 55.3 Å². The van der Waals surface area contributed by atoms with Crippen molar-refractivity contribution in [1.82, 2.24) is 10.3 Å². The van der Waals surface area contributed by atoms with E-state index in [0.29, 0.717) is 17.3 Å². The van der Waals surface area contributed by atoms with Crippen molar-refractivity contribution in [3.8, 4) is 0 Å². The first-order valence-electron chi connectivity index (χ1n) is 8.98. The van der Waals surface area contributed by atoms with Crippen molar-refractivity contribution in [2.24, 2.45) is 0 Å². The van der Waals surface area contributed by atoms with Gasteiger partial charge in [-0.2, -0.15) is 0 Å². The van der Waals surface area contributed by atoms with Crippen molar-refractivity contribution in [3.05, 3.63) is 89.2 Å². The van der Waals surface area contributed by atoms with E-state index in [4.69, 9.17) is 11.6 Å². The van der Waals surface area contributed by atoms with E-state index < -0.39 is 0 Å². The molecule has 1 aromatic heterocycles. The maximum atomic E-state index is 12.5. The number of anilines is 2. The third kappa shape index (κ3) is 5.08. The Bertz CT molecular complexity index is 882. The Morgan fingerprint density at radius 2 is 1.78 bits per heavy atom. The fourth-order valence-electron chi connectivity index (χ4n) is 2.90. The normalized spacial score (nSPS) is 10.4. The van der Waals surface area contributed by atoms with Gasteiger partial charge < -0.3 is 10.2 Å². The SMILES string of the molecule is CCN(c1ccccc1)c1ccnc(C(=O)NCCc2ccc(Cl)cc2)c1. The Balaban J connectivity index is 1.65. The van der Waals surface area contributed by atoms with Crippen LogP contribution in [0.3, 0.4) is 0 Å². The topological polar surface area (TPSA) is 45.2 Å². The van der Waals surface area contributed by atoms with E-state index in [-0.39, 0.29) is 5.91 Å². The maximum Gasteiger partial charge on any atom is 0.269 e. The van der Waals surface area contributed by atoms with E-state index in [2.05, 4.69) is 34.3 Å². The monoisotopic (exact) mass is 379 g/mol. The minimum Gasteiger partial charge on any atom is -0.350 e. The van der Waals surface area contributed by atoms with Gasteiger partial charge in [-0.25, -0.2) is 0 Å². The smallest absolute Gasteiger partial charge is 0.269 e. The molecular weight excluding hydrogens is 358 g/mol. The number of hydrogen-bond acceptors (Lipinski definition) is 3. The molecule has 0 saturated carbocycles. The minimum absolute atomic E-state index is 0.171. The molecule has 0 aliphatic carbocycles. The number of amides is 1.